The van der Waals surface area contributed by atoms with E-state index < -0.39 is 6.10 Å². The van der Waals surface area contributed by atoms with Crippen LogP contribution in [-0.2, 0) is 4.79 Å². The molecule has 2 aliphatic heterocycles. The van der Waals surface area contributed by atoms with Gasteiger partial charge in [0.15, 0.2) is 6.10 Å². The van der Waals surface area contributed by atoms with Gasteiger partial charge >= 0.3 is 0 Å². The van der Waals surface area contributed by atoms with Crippen molar-refractivity contribution in [3.8, 4) is 11.4 Å². The molecule has 0 aliphatic carbocycles. The highest BCUT2D eigenvalue weighted by molar-refractivity contribution is 5.81. The highest BCUT2D eigenvalue weighted by Crippen LogP contribution is 2.22. The largest absolute Gasteiger partial charge is 0.481 e. The predicted molar refractivity (Wildman–Crippen MR) is 114 cm³/mol. The van der Waals surface area contributed by atoms with E-state index in [1.54, 1.807) is 11.0 Å². The van der Waals surface area contributed by atoms with E-state index in [9.17, 15) is 4.79 Å². The molecule has 2 aromatic rings. The topological polar surface area (TPSA) is 76.4 Å². The number of likely N-dealkylation sites (tertiary alicyclic amines) is 2. The van der Waals surface area contributed by atoms with Gasteiger partial charge in [-0.25, -0.2) is 4.68 Å². The molecule has 0 radical (unpaired) electrons. The fraction of sp³-hybridized carbons (Fsp3) is 0.636. The van der Waals surface area contributed by atoms with E-state index in [1.807, 2.05) is 31.2 Å². The lowest BCUT2D eigenvalue weighted by Crippen LogP contribution is -2.53. The van der Waals surface area contributed by atoms with E-state index in [-0.39, 0.29) is 5.91 Å². The summed E-state index contributed by atoms with van der Waals surface area (Å²) in [7, 11) is 0. The van der Waals surface area contributed by atoms with Crippen LogP contribution in [0.2, 0.25) is 0 Å². The van der Waals surface area contributed by atoms with Gasteiger partial charge in [0.2, 0.25) is 0 Å². The Morgan fingerprint density at radius 3 is 2.50 bits per heavy atom. The predicted octanol–water partition coefficient (Wildman–Crippen LogP) is 2.69. The van der Waals surface area contributed by atoms with Crippen LogP contribution in [-0.4, -0.2) is 74.2 Å². The van der Waals surface area contributed by atoms with Gasteiger partial charge in [0.05, 0.1) is 5.69 Å². The first-order chi connectivity index (χ1) is 14.7. The number of hydrogen-bond donors (Lipinski definition) is 0. The molecule has 2 atom stereocenters. The van der Waals surface area contributed by atoms with Crippen LogP contribution in [0.25, 0.3) is 5.69 Å². The summed E-state index contributed by atoms with van der Waals surface area (Å²) in [5, 5.41) is 11.2. The summed E-state index contributed by atoms with van der Waals surface area (Å²) < 4.78 is 7.58. The minimum absolute atomic E-state index is 0.0964. The quantitative estimate of drug-likeness (QED) is 0.726. The Kier molecular flexibility index (Phi) is 6.94. The van der Waals surface area contributed by atoms with Crippen molar-refractivity contribution in [2.24, 2.45) is 0 Å². The van der Waals surface area contributed by atoms with Gasteiger partial charge in [-0.05, 0) is 86.8 Å². The molecule has 1 aromatic carbocycles. The monoisotopic (exact) mass is 412 g/mol. The molecule has 4 rings (SSSR count). The van der Waals surface area contributed by atoms with Gasteiger partial charge in [0.1, 0.15) is 12.1 Å². The Bertz CT molecular complexity index is 786. The molecule has 162 valence electrons. The van der Waals surface area contributed by atoms with Crippen LogP contribution in [0, 0.1) is 0 Å². The maximum atomic E-state index is 13.2. The third kappa shape index (κ3) is 5.16. The normalized spacial score (nSPS) is 21.8. The zero-order chi connectivity index (χ0) is 20.8. The van der Waals surface area contributed by atoms with Gasteiger partial charge < -0.3 is 14.5 Å². The highest BCUT2D eigenvalue weighted by atomic mass is 16.5. The Balaban J connectivity index is 1.36. The van der Waals surface area contributed by atoms with Crippen molar-refractivity contribution >= 4 is 5.91 Å². The second-order valence-electron chi connectivity index (χ2n) is 8.40. The summed E-state index contributed by atoms with van der Waals surface area (Å²) in [6, 6.07) is 7.77. The van der Waals surface area contributed by atoms with E-state index in [2.05, 4.69) is 25.3 Å². The molecule has 0 saturated carbocycles. The summed E-state index contributed by atoms with van der Waals surface area (Å²) in [5.74, 6) is 0.771. The number of benzene rings is 1. The van der Waals surface area contributed by atoms with E-state index in [0.717, 1.165) is 44.7 Å². The molecule has 8 heteroatoms. The summed E-state index contributed by atoms with van der Waals surface area (Å²) in [6.07, 6.45) is 9.64. The molecule has 0 spiro atoms. The SMILES string of the molecule is C[C@@H](Oc1ccc(-n2cnnn2)cc1)C(=O)N1CCCC[C@H]1CN1CCCCCC1. The van der Waals surface area contributed by atoms with Gasteiger partial charge in [-0.2, -0.15) is 0 Å². The Morgan fingerprint density at radius 2 is 1.80 bits per heavy atom. The Hall–Kier alpha value is -2.48. The molecule has 2 saturated heterocycles. The number of carbonyl (C=O) groups is 1. The zero-order valence-electron chi connectivity index (χ0n) is 17.8. The fourth-order valence-electron chi connectivity index (χ4n) is 4.54. The number of ether oxygens (including phenoxy) is 1. The molecular weight excluding hydrogens is 380 g/mol. The number of hydrogen-bond acceptors (Lipinski definition) is 6. The van der Waals surface area contributed by atoms with Gasteiger partial charge in [-0.15, -0.1) is 5.10 Å². The van der Waals surface area contributed by atoms with E-state index in [4.69, 9.17) is 4.74 Å². The Morgan fingerprint density at radius 1 is 1.07 bits per heavy atom. The van der Waals surface area contributed by atoms with Crippen molar-refractivity contribution in [3.63, 3.8) is 0 Å². The maximum Gasteiger partial charge on any atom is 0.263 e. The van der Waals surface area contributed by atoms with Crippen LogP contribution in [0.15, 0.2) is 30.6 Å². The van der Waals surface area contributed by atoms with Crippen LogP contribution in [0.4, 0.5) is 0 Å². The minimum Gasteiger partial charge on any atom is -0.481 e. The van der Waals surface area contributed by atoms with E-state index >= 15 is 0 Å². The lowest BCUT2D eigenvalue weighted by atomic mass is 10.0. The molecule has 1 aromatic heterocycles. The maximum absolute atomic E-state index is 13.2. The number of tetrazole rings is 1. The van der Waals surface area contributed by atoms with Crippen molar-refractivity contribution in [2.75, 3.05) is 26.2 Å². The molecule has 0 N–H and O–H groups in total. The second kappa shape index (κ2) is 10.0. The van der Waals surface area contributed by atoms with Gasteiger partial charge in [0, 0.05) is 19.1 Å². The molecule has 8 nitrogen and oxygen atoms in total. The van der Waals surface area contributed by atoms with Crippen molar-refractivity contribution in [1.82, 2.24) is 30.0 Å². The van der Waals surface area contributed by atoms with Gasteiger partial charge in [0.25, 0.3) is 5.91 Å². The molecule has 30 heavy (non-hydrogen) atoms. The molecule has 2 aliphatic rings. The van der Waals surface area contributed by atoms with Gasteiger partial charge in [-0.1, -0.05) is 12.8 Å². The number of piperidine rings is 1. The number of amides is 1. The third-order valence-corrected chi connectivity index (χ3v) is 6.19. The molecule has 2 fully saturated rings. The first-order valence-corrected chi connectivity index (χ1v) is 11.2. The molecule has 0 bridgehead atoms. The van der Waals surface area contributed by atoms with Crippen molar-refractivity contribution in [1.29, 1.82) is 0 Å². The average Bonchev–Trinajstić information content (AvgIpc) is 3.19. The lowest BCUT2D eigenvalue weighted by molar-refractivity contribution is -0.142. The molecule has 3 heterocycles. The number of aromatic nitrogens is 4. The fourth-order valence-corrected chi connectivity index (χ4v) is 4.54. The summed E-state index contributed by atoms with van der Waals surface area (Å²) in [5.41, 5.74) is 0.847. The molecule has 0 unspecified atom stereocenters. The summed E-state index contributed by atoms with van der Waals surface area (Å²) in [4.78, 5) is 17.9. The van der Waals surface area contributed by atoms with Crippen LogP contribution >= 0.6 is 0 Å². The third-order valence-electron chi connectivity index (χ3n) is 6.19. The number of nitrogens with zero attached hydrogens (tertiary/aromatic N) is 6. The lowest BCUT2D eigenvalue weighted by Gasteiger charge is -2.39. The average molecular weight is 413 g/mol. The minimum atomic E-state index is -0.506. The first-order valence-electron chi connectivity index (χ1n) is 11.2. The summed E-state index contributed by atoms with van der Waals surface area (Å²) >= 11 is 0. The molecule has 1 amide bonds. The summed E-state index contributed by atoms with van der Waals surface area (Å²) in [6.45, 7) is 6.02. The van der Waals surface area contributed by atoms with Crippen LogP contribution in [0.3, 0.4) is 0 Å². The smallest absolute Gasteiger partial charge is 0.263 e. The van der Waals surface area contributed by atoms with Crippen LogP contribution in [0.1, 0.15) is 51.9 Å². The van der Waals surface area contributed by atoms with Crippen LogP contribution < -0.4 is 4.74 Å². The van der Waals surface area contributed by atoms with E-state index in [0.29, 0.717) is 11.8 Å². The Labute approximate surface area is 178 Å². The van der Waals surface area contributed by atoms with E-state index in [1.165, 1.54) is 32.1 Å². The number of carbonyl (C=O) groups excluding carboxylic acids is 1. The van der Waals surface area contributed by atoms with Gasteiger partial charge in [-0.3, -0.25) is 4.79 Å². The second-order valence-corrected chi connectivity index (χ2v) is 8.40. The first kappa shape index (κ1) is 20.8. The van der Waals surface area contributed by atoms with Crippen molar-refractivity contribution < 1.29 is 9.53 Å². The number of rotatable bonds is 6. The van der Waals surface area contributed by atoms with Crippen LogP contribution in [0.5, 0.6) is 5.75 Å². The van der Waals surface area contributed by atoms with Crippen molar-refractivity contribution in [3.05, 3.63) is 30.6 Å². The van der Waals surface area contributed by atoms with Crippen molar-refractivity contribution in [2.45, 2.75) is 64.0 Å². The zero-order valence-corrected chi connectivity index (χ0v) is 17.8. The highest BCUT2D eigenvalue weighted by Gasteiger charge is 2.31. The standard InChI is InChI=1S/C22H32N6O2/c1-18(30-21-11-9-19(10-12-21)28-17-23-24-25-28)22(29)27-15-7-4-8-20(27)16-26-13-5-2-3-6-14-26/h9-12,17-18,20H,2-8,13-16H2,1H3/t18-,20+/m1/s1. The molecular formula is C22H32N6O2.